The first-order valence-corrected chi connectivity index (χ1v) is 6.77. The van der Waals surface area contributed by atoms with Crippen LogP contribution in [0.2, 0.25) is 0 Å². The van der Waals surface area contributed by atoms with Crippen LogP contribution >= 0.6 is 24.0 Å². The van der Waals surface area contributed by atoms with Crippen LogP contribution in [0.25, 0.3) is 0 Å². The summed E-state index contributed by atoms with van der Waals surface area (Å²) in [5, 5.41) is 3.40. The van der Waals surface area contributed by atoms with E-state index >= 15 is 0 Å². The SMILES string of the molecule is CSC(C)(C)CNc1ccccc1C(N)=S. The van der Waals surface area contributed by atoms with Crippen LogP contribution in [0.15, 0.2) is 24.3 Å². The largest absolute Gasteiger partial charge is 0.389 e. The van der Waals surface area contributed by atoms with Crippen molar-refractivity contribution in [1.29, 1.82) is 0 Å². The lowest BCUT2D eigenvalue weighted by molar-refractivity contribution is 0.752. The van der Waals surface area contributed by atoms with Crippen LogP contribution < -0.4 is 11.1 Å². The van der Waals surface area contributed by atoms with Crippen molar-refractivity contribution in [3.63, 3.8) is 0 Å². The smallest absolute Gasteiger partial charge is 0.106 e. The maximum Gasteiger partial charge on any atom is 0.106 e. The summed E-state index contributed by atoms with van der Waals surface area (Å²) in [6.45, 7) is 5.29. The Bertz CT molecular complexity index is 375. The molecule has 1 aromatic rings. The van der Waals surface area contributed by atoms with Gasteiger partial charge in [0.05, 0.1) is 0 Å². The third-order valence-electron chi connectivity index (χ3n) is 2.45. The van der Waals surface area contributed by atoms with E-state index in [0.29, 0.717) is 4.99 Å². The van der Waals surface area contributed by atoms with Crippen LogP contribution in [0, 0.1) is 0 Å². The molecule has 0 aliphatic rings. The van der Waals surface area contributed by atoms with Gasteiger partial charge < -0.3 is 11.1 Å². The monoisotopic (exact) mass is 254 g/mol. The van der Waals surface area contributed by atoms with Gasteiger partial charge in [-0.1, -0.05) is 24.4 Å². The molecular formula is C12H18N2S2. The van der Waals surface area contributed by atoms with Gasteiger partial charge in [0.15, 0.2) is 0 Å². The second kappa shape index (κ2) is 5.55. The van der Waals surface area contributed by atoms with Gasteiger partial charge >= 0.3 is 0 Å². The highest BCUT2D eigenvalue weighted by molar-refractivity contribution is 7.99. The molecule has 0 radical (unpaired) electrons. The standard InChI is InChI=1S/C12H18N2S2/c1-12(2,16-3)8-14-10-7-5-4-6-9(10)11(13)15/h4-7,14H,8H2,1-3H3,(H2,13,15). The molecule has 0 fully saturated rings. The maximum absolute atomic E-state index is 5.67. The Hall–Kier alpha value is -0.740. The maximum atomic E-state index is 5.67. The van der Waals surface area contributed by atoms with Crippen LogP contribution in [0.3, 0.4) is 0 Å². The van der Waals surface area contributed by atoms with Gasteiger partial charge in [-0.2, -0.15) is 11.8 Å². The van der Waals surface area contributed by atoms with Crippen LogP contribution in [0.1, 0.15) is 19.4 Å². The van der Waals surface area contributed by atoms with Gasteiger partial charge in [-0.05, 0) is 32.2 Å². The lowest BCUT2D eigenvalue weighted by Crippen LogP contribution is -2.27. The summed E-state index contributed by atoms with van der Waals surface area (Å²) < 4.78 is 0.198. The van der Waals surface area contributed by atoms with E-state index in [-0.39, 0.29) is 4.75 Å². The number of rotatable bonds is 5. The fourth-order valence-electron chi connectivity index (χ4n) is 1.23. The fourth-order valence-corrected chi connectivity index (χ4v) is 1.63. The molecule has 0 atom stereocenters. The van der Waals surface area contributed by atoms with E-state index in [1.54, 1.807) is 0 Å². The van der Waals surface area contributed by atoms with Gasteiger partial charge in [0, 0.05) is 22.5 Å². The van der Waals surface area contributed by atoms with E-state index in [2.05, 4.69) is 25.4 Å². The van der Waals surface area contributed by atoms with Crippen molar-refractivity contribution in [2.75, 3.05) is 18.1 Å². The van der Waals surface area contributed by atoms with Crippen molar-refractivity contribution in [3.05, 3.63) is 29.8 Å². The normalized spacial score (nSPS) is 11.2. The van der Waals surface area contributed by atoms with E-state index in [9.17, 15) is 0 Å². The number of anilines is 1. The molecule has 88 valence electrons. The van der Waals surface area contributed by atoms with Gasteiger partial charge in [-0.3, -0.25) is 0 Å². The van der Waals surface area contributed by atoms with E-state index < -0.39 is 0 Å². The molecule has 0 amide bonds. The molecule has 0 aliphatic carbocycles. The van der Waals surface area contributed by atoms with Crippen LogP contribution in [0.4, 0.5) is 5.69 Å². The topological polar surface area (TPSA) is 38.0 Å². The van der Waals surface area contributed by atoms with E-state index in [4.69, 9.17) is 18.0 Å². The quantitative estimate of drug-likeness (QED) is 0.793. The lowest BCUT2D eigenvalue weighted by atomic mass is 10.1. The predicted molar refractivity (Wildman–Crippen MR) is 78.4 cm³/mol. The lowest BCUT2D eigenvalue weighted by Gasteiger charge is -2.23. The molecule has 16 heavy (non-hydrogen) atoms. The molecule has 2 nitrogen and oxygen atoms in total. The van der Waals surface area contributed by atoms with Crippen molar-refractivity contribution in [3.8, 4) is 0 Å². The van der Waals surface area contributed by atoms with Crippen molar-refractivity contribution in [1.82, 2.24) is 0 Å². The van der Waals surface area contributed by atoms with Gasteiger partial charge in [0.25, 0.3) is 0 Å². The molecule has 0 saturated heterocycles. The summed E-state index contributed by atoms with van der Waals surface area (Å²) >= 11 is 6.85. The van der Waals surface area contributed by atoms with Crippen molar-refractivity contribution >= 4 is 34.7 Å². The zero-order chi connectivity index (χ0) is 12.2. The molecular weight excluding hydrogens is 236 g/mol. The Morgan fingerprint density at radius 1 is 1.44 bits per heavy atom. The first-order valence-electron chi connectivity index (χ1n) is 5.14. The molecule has 3 N–H and O–H groups in total. The summed E-state index contributed by atoms with van der Waals surface area (Å²) in [4.78, 5) is 0.435. The highest BCUT2D eigenvalue weighted by Crippen LogP contribution is 2.23. The number of benzene rings is 1. The summed E-state index contributed by atoms with van der Waals surface area (Å²) in [6, 6.07) is 7.87. The van der Waals surface area contributed by atoms with Crippen molar-refractivity contribution in [2.24, 2.45) is 5.73 Å². The van der Waals surface area contributed by atoms with Gasteiger partial charge in [-0.15, -0.1) is 0 Å². The summed E-state index contributed by atoms with van der Waals surface area (Å²) in [7, 11) is 0. The Balaban J connectivity index is 2.78. The number of hydrogen-bond acceptors (Lipinski definition) is 3. The Labute approximate surface area is 107 Å². The Morgan fingerprint density at radius 2 is 2.06 bits per heavy atom. The van der Waals surface area contributed by atoms with E-state index in [1.165, 1.54) is 0 Å². The molecule has 0 spiro atoms. The predicted octanol–water partition coefficient (Wildman–Crippen LogP) is 2.87. The molecule has 4 heteroatoms. The summed E-state index contributed by atoms with van der Waals surface area (Å²) in [5.41, 5.74) is 7.60. The van der Waals surface area contributed by atoms with Gasteiger partial charge in [-0.25, -0.2) is 0 Å². The second-order valence-electron chi connectivity index (χ2n) is 4.23. The van der Waals surface area contributed by atoms with E-state index in [1.807, 2.05) is 36.0 Å². The molecule has 0 bridgehead atoms. The molecule has 0 aliphatic heterocycles. The zero-order valence-corrected chi connectivity index (χ0v) is 11.5. The van der Waals surface area contributed by atoms with Crippen molar-refractivity contribution in [2.45, 2.75) is 18.6 Å². The van der Waals surface area contributed by atoms with Gasteiger partial charge in [0.2, 0.25) is 0 Å². The van der Waals surface area contributed by atoms with Crippen LogP contribution in [-0.2, 0) is 0 Å². The molecule has 0 aromatic heterocycles. The number of hydrogen-bond donors (Lipinski definition) is 2. The highest BCUT2D eigenvalue weighted by atomic mass is 32.2. The van der Waals surface area contributed by atoms with Crippen LogP contribution in [0.5, 0.6) is 0 Å². The first-order chi connectivity index (χ1) is 7.46. The van der Waals surface area contributed by atoms with Crippen molar-refractivity contribution < 1.29 is 0 Å². The molecule has 1 aromatic carbocycles. The minimum atomic E-state index is 0.198. The number of thioether (sulfide) groups is 1. The highest BCUT2D eigenvalue weighted by Gasteiger charge is 2.16. The van der Waals surface area contributed by atoms with Crippen LogP contribution in [-0.4, -0.2) is 22.5 Å². The minimum Gasteiger partial charge on any atom is -0.389 e. The summed E-state index contributed by atoms with van der Waals surface area (Å²) in [6.07, 6.45) is 2.11. The van der Waals surface area contributed by atoms with E-state index in [0.717, 1.165) is 17.8 Å². The molecule has 1 rings (SSSR count). The third kappa shape index (κ3) is 3.68. The average molecular weight is 254 g/mol. The Kier molecular flexibility index (Phi) is 4.62. The number of para-hydroxylation sites is 1. The third-order valence-corrected chi connectivity index (χ3v) is 3.92. The Morgan fingerprint density at radius 3 is 2.62 bits per heavy atom. The second-order valence-corrected chi connectivity index (χ2v) is 6.18. The zero-order valence-electron chi connectivity index (χ0n) is 9.91. The minimum absolute atomic E-state index is 0.198. The average Bonchev–Trinajstić information content (AvgIpc) is 2.27. The molecule has 0 saturated carbocycles. The number of nitrogens with two attached hydrogens (primary N) is 1. The van der Waals surface area contributed by atoms with Gasteiger partial charge in [0.1, 0.15) is 4.99 Å². The molecule has 0 heterocycles. The first kappa shape index (κ1) is 13.3. The number of nitrogens with one attached hydrogen (secondary N) is 1. The fraction of sp³-hybridized carbons (Fsp3) is 0.417. The number of thiocarbonyl (C=S) groups is 1. The summed E-state index contributed by atoms with van der Waals surface area (Å²) in [5.74, 6) is 0. The molecule has 0 unspecified atom stereocenters.